The predicted octanol–water partition coefficient (Wildman–Crippen LogP) is 3.99. The first kappa shape index (κ1) is 12.4. The van der Waals surface area contributed by atoms with Gasteiger partial charge in [0.2, 0.25) is 5.91 Å². The van der Waals surface area contributed by atoms with E-state index in [2.05, 4.69) is 5.32 Å². The van der Waals surface area contributed by atoms with Gasteiger partial charge in [-0.2, -0.15) is 0 Å². The van der Waals surface area contributed by atoms with Gasteiger partial charge in [0.25, 0.3) is 0 Å². The van der Waals surface area contributed by atoms with Crippen LogP contribution >= 0.6 is 0 Å². The van der Waals surface area contributed by atoms with Crippen molar-refractivity contribution in [3.63, 3.8) is 0 Å². The molecule has 3 nitrogen and oxygen atoms in total. The van der Waals surface area contributed by atoms with Crippen LogP contribution in [0.1, 0.15) is 25.3 Å². The van der Waals surface area contributed by atoms with Gasteiger partial charge in [0.05, 0.1) is 6.26 Å². The molecule has 0 aliphatic rings. The number of carbonyl (C=O) groups is 1. The van der Waals surface area contributed by atoms with Crippen LogP contribution in [0, 0.1) is 6.92 Å². The lowest BCUT2D eigenvalue weighted by Gasteiger charge is -2.09. The van der Waals surface area contributed by atoms with Crippen LogP contribution in [0.15, 0.2) is 41.0 Å². The number of benzene rings is 1. The molecule has 0 aliphatic heterocycles. The maximum absolute atomic E-state index is 11.5. The third kappa shape index (κ3) is 2.80. The number of carbonyl (C=O) groups excluding carboxylic acids is 1. The second kappa shape index (κ2) is 5.54. The Balaban J connectivity index is 2.18. The Morgan fingerprint density at radius 3 is 2.78 bits per heavy atom. The number of furan rings is 1. The first-order chi connectivity index (χ1) is 8.70. The van der Waals surface area contributed by atoms with E-state index in [0.717, 1.165) is 29.0 Å². The SMILES string of the molecule is CCCC(=O)Nc1ccc(-c2ccco2)cc1C. The molecule has 1 heterocycles. The second-order valence-corrected chi connectivity index (χ2v) is 4.31. The summed E-state index contributed by atoms with van der Waals surface area (Å²) in [5.41, 5.74) is 2.92. The summed E-state index contributed by atoms with van der Waals surface area (Å²) in [5.74, 6) is 0.899. The van der Waals surface area contributed by atoms with E-state index in [0.29, 0.717) is 6.42 Å². The molecular formula is C15H17NO2. The average molecular weight is 243 g/mol. The van der Waals surface area contributed by atoms with Crippen molar-refractivity contribution in [2.45, 2.75) is 26.7 Å². The lowest BCUT2D eigenvalue weighted by molar-refractivity contribution is -0.116. The van der Waals surface area contributed by atoms with Crippen molar-refractivity contribution in [2.75, 3.05) is 5.32 Å². The van der Waals surface area contributed by atoms with Gasteiger partial charge in [0.1, 0.15) is 5.76 Å². The molecule has 0 fully saturated rings. The van der Waals surface area contributed by atoms with E-state index in [9.17, 15) is 4.79 Å². The van der Waals surface area contributed by atoms with Gasteiger partial charge in [-0.25, -0.2) is 0 Å². The number of hydrogen-bond acceptors (Lipinski definition) is 2. The third-order valence-electron chi connectivity index (χ3n) is 2.78. The highest BCUT2D eigenvalue weighted by Gasteiger charge is 2.06. The lowest BCUT2D eigenvalue weighted by atomic mass is 10.1. The molecule has 0 bridgehead atoms. The molecule has 1 aromatic heterocycles. The highest BCUT2D eigenvalue weighted by Crippen LogP contribution is 2.25. The zero-order valence-corrected chi connectivity index (χ0v) is 10.7. The van der Waals surface area contributed by atoms with Crippen molar-refractivity contribution in [1.29, 1.82) is 0 Å². The summed E-state index contributed by atoms with van der Waals surface area (Å²) >= 11 is 0. The van der Waals surface area contributed by atoms with Crippen LogP contribution in [0.4, 0.5) is 5.69 Å². The molecule has 1 N–H and O–H groups in total. The Labute approximate surface area is 107 Å². The van der Waals surface area contributed by atoms with Crippen LogP contribution < -0.4 is 5.32 Å². The number of hydrogen-bond donors (Lipinski definition) is 1. The van der Waals surface area contributed by atoms with Crippen molar-refractivity contribution in [2.24, 2.45) is 0 Å². The number of rotatable bonds is 4. The predicted molar refractivity (Wildman–Crippen MR) is 72.4 cm³/mol. The second-order valence-electron chi connectivity index (χ2n) is 4.31. The summed E-state index contributed by atoms with van der Waals surface area (Å²) in [4.78, 5) is 11.5. The molecule has 0 saturated carbocycles. The minimum atomic E-state index is 0.0614. The molecule has 0 unspecified atom stereocenters. The zero-order chi connectivity index (χ0) is 13.0. The minimum Gasteiger partial charge on any atom is -0.464 e. The average Bonchev–Trinajstić information content (AvgIpc) is 2.85. The molecule has 3 heteroatoms. The molecule has 0 radical (unpaired) electrons. The number of nitrogens with one attached hydrogen (secondary N) is 1. The summed E-state index contributed by atoms with van der Waals surface area (Å²) < 4.78 is 5.35. The monoisotopic (exact) mass is 243 g/mol. The van der Waals surface area contributed by atoms with E-state index in [4.69, 9.17) is 4.42 Å². The van der Waals surface area contributed by atoms with Crippen molar-refractivity contribution < 1.29 is 9.21 Å². The molecule has 0 aliphatic carbocycles. The molecule has 18 heavy (non-hydrogen) atoms. The largest absolute Gasteiger partial charge is 0.464 e. The van der Waals surface area contributed by atoms with E-state index in [1.165, 1.54) is 0 Å². The fourth-order valence-electron chi connectivity index (χ4n) is 1.84. The van der Waals surface area contributed by atoms with E-state index in [-0.39, 0.29) is 5.91 Å². The Bertz CT molecular complexity index is 529. The molecule has 2 aromatic rings. The smallest absolute Gasteiger partial charge is 0.224 e. The highest BCUT2D eigenvalue weighted by atomic mass is 16.3. The molecule has 0 atom stereocenters. The Morgan fingerprint density at radius 1 is 1.33 bits per heavy atom. The highest BCUT2D eigenvalue weighted by molar-refractivity contribution is 5.91. The number of amides is 1. The number of anilines is 1. The maximum atomic E-state index is 11.5. The van der Waals surface area contributed by atoms with E-state index in [1.807, 2.05) is 44.2 Å². The van der Waals surface area contributed by atoms with Gasteiger partial charge in [-0.15, -0.1) is 0 Å². The Kier molecular flexibility index (Phi) is 3.82. The number of aryl methyl sites for hydroxylation is 1. The lowest BCUT2D eigenvalue weighted by Crippen LogP contribution is -2.11. The molecule has 2 rings (SSSR count). The van der Waals surface area contributed by atoms with Crippen molar-refractivity contribution in [3.05, 3.63) is 42.2 Å². The van der Waals surface area contributed by atoms with Gasteiger partial charge in [-0.05, 0) is 49.2 Å². The van der Waals surface area contributed by atoms with Crippen LogP contribution in [-0.4, -0.2) is 5.91 Å². The van der Waals surface area contributed by atoms with Crippen LogP contribution in [0.5, 0.6) is 0 Å². The topological polar surface area (TPSA) is 42.2 Å². The molecule has 0 spiro atoms. The van der Waals surface area contributed by atoms with Gasteiger partial charge < -0.3 is 9.73 Å². The Hall–Kier alpha value is -2.03. The first-order valence-electron chi connectivity index (χ1n) is 6.15. The molecule has 0 saturated heterocycles. The maximum Gasteiger partial charge on any atom is 0.224 e. The fourth-order valence-corrected chi connectivity index (χ4v) is 1.84. The van der Waals surface area contributed by atoms with Crippen molar-refractivity contribution in [1.82, 2.24) is 0 Å². The van der Waals surface area contributed by atoms with E-state index in [1.54, 1.807) is 6.26 Å². The van der Waals surface area contributed by atoms with Crippen molar-refractivity contribution in [3.8, 4) is 11.3 Å². The van der Waals surface area contributed by atoms with Gasteiger partial charge in [0, 0.05) is 17.7 Å². The summed E-state index contributed by atoms with van der Waals surface area (Å²) in [6, 6.07) is 9.67. The third-order valence-corrected chi connectivity index (χ3v) is 2.78. The van der Waals surface area contributed by atoms with Crippen LogP contribution in [0.2, 0.25) is 0 Å². The van der Waals surface area contributed by atoms with Crippen LogP contribution in [-0.2, 0) is 4.79 Å². The molecule has 1 amide bonds. The minimum absolute atomic E-state index is 0.0614. The van der Waals surface area contributed by atoms with E-state index < -0.39 is 0 Å². The van der Waals surface area contributed by atoms with Gasteiger partial charge in [-0.1, -0.05) is 6.92 Å². The van der Waals surface area contributed by atoms with Crippen LogP contribution in [0.3, 0.4) is 0 Å². The van der Waals surface area contributed by atoms with E-state index >= 15 is 0 Å². The fraction of sp³-hybridized carbons (Fsp3) is 0.267. The van der Waals surface area contributed by atoms with Crippen molar-refractivity contribution >= 4 is 11.6 Å². The normalized spacial score (nSPS) is 10.3. The zero-order valence-electron chi connectivity index (χ0n) is 10.7. The summed E-state index contributed by atoms with van der Waals surface area (Å²) in [6.45, 7) is 3.97. The molecular weight excluding hydrogens is 226 g/mol. The Morgan fingerprint density at radius 2 is 2.17 bits per heavy atom. The first-order valence-corrected chi connectivity index (χ1v) is 6.15. The molecule has 1 aromatic carbocycles. The quantitative estimate of drug-likeness (QED) is 0.882. The van der Waals surface area contributed by atoms with Gasteiger partial charge in [-0.3, -0.25) is 4.79 Å². The standard InChI is InChI=1S/C15H17NO2/c1-3-5-15(17)16-13-8-7-12(10-11(13)2)14-6-4-9-18-14/h4,6-10H,3,5H2,1-2H3,(H,16,17). The summed E-state index contributed by atoms with van der Waals surface area (Å²) in [7, 11) is 0. The summed E-state index contributed by atoms with van der Waals surface area (Å²) in [5, 5.41) is 2.91. The van der Waals surface area contributed by atoms with Crippen LogP contribution in [0.25, 0.3) is 11.3 Å². The summed E-state index contributed by atoms with van der Waals surface area (Å²) in [6.07, 6.45) is 3.07. The van der Waals surface area contributed by atoms with Gasteiger partial charge in [0.15, 0.2) is 0 Å². The van der Waals surface area contributed by atoms with Gasteiger partial charge >= 0.3 is 0 Å². The molecule has 94 valence electrons.